The van der Waals surface area contributed by atoms with Crippen molar-refractivity contribution in [2.45, 2.75) is 83.1 Å². The van der Waals surface area contributed by atoms with Crippen molar-refractivity contribution in [3.05, 3.63) is 11.1 Å². The maximum absolute atomic E-state index is 12.5. The van der Waals surface area contributed by atoms with Crippen molar-refractivity contribution in [2.24, 2.45) is 4.99 Å². The Bertz CT molecular complexity index is 477. The Hall–Kier alpha value is -0.970. The number of hydrogen-bond acceptors (Lipinski definition) is 4. The average Bonchev–Trinajstić information content (AvgIpc) is 3.15. The summed E-state index contributed by atoms with van der Waals surface area (Å²) in [6, 6.07) is 0.373. The maximum atomic E-state index is 12.5. The van der Waals surface area contributed by atoms with Crippen LogP contribution in [0.2, 0.25) is 0 Å². The fourth-order valence-electron chi connectivity index (χ4n) is 3.87. The van der Waals surface area contributed by atoms with Crippen molar-refractivity contribution in [1.82, 2.24) is 10.2 Å². The van der Waals surface area contributed by atoms with Crippen molar-refractivity contribution in [2.75, 3.05) is 13.1 Å². The van der Waals surface area contributed by atoms with E-state index in [1.165, 1.54) is 57.8 Å². The largest absolute Gasteiger partial charge is 0.353 e. The molecule has 4 nitrogen and oxygen atoms in total. The second kappa shape index (κ2) is 9.50. The van der Waals surface area contributed by atoms with E-state index < -0.39 is 0 Å². The number of thioether (sulfide) groups is 1. The molecule has 5 heteroatoms. The van der Waals surface area contributed by atoms with E-state index in [9.17, 15) is 4.79 Å². The Balaban J connectivity index is 1.45. The first-order valence-electron chi connectivity index (χ1n) is 9.80. The van der Waals surface area contributed by atoms with Crippen LogP contribution in [0.25, 0.3) is 0 Å². The SMILES string of the molecule is O=C(CC1=CSC2=NCCN12)NC1CCCCCCCCCCC1. The normalized spacial score (nSPS) is 23.8. The Labute approximate surface area is 150 Å². The molecule has 0 spiro atoms. The van der Waals surface area contributed by atoms with Gasteiger partial charge in [-0.2, -0.15) is 0 Å². The number of hydrogen-bond donors (Lipinski definition) is 1. The zero-order valence-corrected chi connectivity index (χ0v) is 15.6. The minimum absolute atomic E-state index is 0.187. The predicted octanol–water partition coefficient (Wildman–Crippen LogP) is 4.43. The smallest absolute Gasteiger partial charge is 0.226 e. The molecular formula is C19H31N3OS. The van der Waals surface area contributed by atoms with Crippen LogP contribution in [-0.4, -0.2) is 35.1 Å². The molecule has 0 unspecified atom stereocenters. The molecule has 0 aromatic heterocycles. The summed E-state index contributed by atoms with van der Waals surface area (Å²) in [6.45, 7) is 1.80. The minimum Gasteiger partial charge on any atom is -0.353 e. The number of carbonyl (C=O) groups is 1. The highest BCUT2D eigenvalue weighted by Gasteiger charge is 2.27. The Morgan fingerprint density at radius 2 is 1.71 bits per heavy atom. The highest BCUT2D eigenvalue weighted by molar-refractivity contribution is 8.16. The number of carbonyl (C=O) groups excluding carboxylic acids is 1. The first-order chi connectivity index (χ1) is 11.8. The van der Waals surface area contributed by atoms with E-state index in [0.29, 0.717) is 12.5 Å². The van der Waals surface area contributed by atoms with Gasteiger partial charge >= 0.3 is 0 Å². The number of nitrogens with zero attached hydrogens (tertiary/aromatic N) is 2. The Morgan fingerprint density at radius 1 is 1.08 bits per heavy atom. The molecule has 2 aliphatic heterocycles. The van der Waals surface area contributed by atoms with Gasteiger partial charge in [-0.15, -0.1) is 0 Å². The molecule has 0 radical (unpaired) electrons. The van der Waals surface area contributed by atoms with E-state index >= 15 is 0 Å². The maximum Gasteiger partial charge on any atom is 0.226 e. The third-order valence-electron chi connectivity index (χ3n) is 5.26. The first-order valence-corrected chi connectivity index (χ1v) is 10.7. The summed E-state index contributed by atoms with van der Waals surface area (Å²) in [5.41, 5.74) is 1.13. The highest BCUT2D eigenvalue weighted by atomic mass is 32.2. The molecule has 2 heterocycles. The molecule has 0 saturated heterocycles. The summed E-state index contributed by atoms with van der Waals surface area (Å²) in [7, 11) is 0. The van der Waals surface area contributed by atoms with Crippen LogP contribution in [0.1, 0.15) is 77.0 Å². The summed E-state index contributed by atoms with van der Waals surface area (Å²) in [5.74, 6) is 0.187. The van der Waals surface area contributed by atoms with E-state index in [4.69, 9.17) is 0 Å². The Morgan fingerprint density at radius 3 is 2.38 bits per heavy atom. The van der Waals surface area contributed by atoms with E-state index in [0.717, 1.165) is 36.8 Å². The van der Waals surface area contributed by atoms with Gasteiger partial charge in [-0.1, -0.05) is 69.5 Å². The fraction of sp³-hybridized carbons (Fsp3) is 0.789. The van der Waals surface area contributed by atoms with Crippen LogP contribution >= 0.6 is 11.8 Å². The van der Waals surface area contributed by atoms with Gasteiger partial charge in [-0.3, -0.25) is 9.79 Å². The second-order valence-corrected chi connectivity index (χ2v) is 8.08. The lowest BCUT2D eigenvalue weighted by Crippen LogP contribution is -2.36. The van der Waals surface area contributed by atoms with Crippen LogP contribution in [0.4, 0.5) is 0 Å². The van der Waals surface area contributed by atoms with Gasteiger partial charge in [0.05, 0.1) is 13.0 Å². The molecule has 134 valence electrons. The van der Waals surface area contributed by atoms with Crippen molar-refractivity contribution in [3.8, 4) is 0 Å². The number of amides is 1. The van der Waals surface area contributed by atoms with Gasteiger partial charge in [0.25, 0.3) is 0 Å². The third kappa shape index (κ3) is 5.27. The van der Waals surface area contributed by atoms with Crippen LogP contribution in [0.5, 0.6) is 0 Å². The topological polar surface area (TPSA) is 44.7 Å². The molecule has 1 amide bonds. The number of rotatable bonds is 3. The van der Waals surface area contributed by atoms with Gasteiger partial charge < -0.3 is 10.2 Å². The van der Waals surface area contributed by atoms with Crippen LogP contribution in [0.3, 0.4) is 0 Å². The van der Waals surface area contributed by atoms with Crippen LogP contribution < -0.4 is 5.32 Å². The molecule has 1 aliphatic carbocycles. The monoisotopic (exact) mass is 349 g/mol. The molecule has 1 saturated carbocycles. The molecule has 0 bridgehead atoms. The standard InChI is InChI=1S/C19H31N3OS/c23-18(14-17-15-24-19-20-12-13-22(17)19)21-16-10-8-6-4-2-1-3-5-7-9-11-16/h15-16H,1-14H2,(H,21,23). The summed E-state index contributed by atoms with van der Waals surface area (Å²) in [6.07, 6.45) is 14.9. The van der Waals surface area contributed by atoms with E-state index in [-0.39, 0.29) is 5.91 Å². The number of nitrogens with one attached hydrogen (secondary N) is 1. The van der Waals surface area contributed by atoms with Crippen molar-refractivity contribution < 1.29 is 4.79 Å². The molecule has 3 aliphatic rings. The van der Waals surface area contributed by atoms with E-state index in [1.807, 2.05) is 0 Å². The van der Waals surface area contributed by atoms with Crippen molar-refractivity contribution in [1.29, 1.82) is 0 Å². The van der Waals surface area contributed by atoms with Gasteiger partial charge in [-0.05, 0) is 18.2 Å². The van der Waals surface area contributed by atoms with Crippen molar-refractivity contribution >= 4 is 22.8 Å². The molecule has 24 heavy (non-hydrogen) atoms. The summed E-state index contributed by atoms with van der Waals surface area (Å²) in [5, 5.41) is 6.49. The molecule has 1 fully saturated rings. The molecule has 0 aromatic rings. The minimum atomic E-state index is 0.187. The van der Waals surface area contributed by atoms with Crippen molar-refractivity contribution in [3.63, 3.8) is 0 Å². The van der Waals surface area contributed by atoms with E-state index in [1.54, 1.807) is 11.8 Å². The summed E-state index contributed by atoms with van der Waals surface area (Å²) >= 11 is 1.66. The van der Waals surface area contributed by atoms with Crippen LogP contribution in [-0.2, 0) is 4.79 Å². The summed E-state index contributed by atoms with van der Waals surface area (Å²) < 4.78 is 0. The fourth-order valence-corrected chi connectivity index (χ4v) is 4.82. The van der Waals surface area contributed by atoms with Gasteiger partial charge in [0.15, 0.2) is 5.17 Å². The molecule has 1 N–H and O–H groups in total. The lowest BCUT2D eigenvalue weighted by Gasteiger charge is -2.21. The quantitative estimate of drug-likeness (QED) is 0.820. The third-order valence-corrected chi connectivity index (χ3v) is 6.21. The average molecular weight is 350 g/mol. The van der Waals surface area contributed by atoms with Crippen LogP contribution in [0.15, 0.2) is 16.1 Å². The first kappa shape index (κ1) is 17.8. The predicted molar refractivity (Wildman–Crippen MR) is 102 cm³/mol. The zero-order valence-electron chi connectivity index (χ0n) is 14.8. The number of fused-ring (bicyclic) bond motifs is 1. The molecule has 3 rings (SSSR count). The summed E-state index contributed by atoms with van der Waals surface area (Å²) in [4.78, 5) is 19.2. The zero-order chi connectivity index (χ0) is 16.6. The number of amidine groups is 1. The molecule has 0 aromatic carbocycles. The van der Waals surface area contributed by atoms with Gasteiger partial charge in [0.1, 0.15) is 0 Å². The van der Waals surface area contributed by atoms with Gasteiger partial charge in [0, 0.05) is 18.3 Å². The number of aliphatic imine (C=N–C) groups is 1. The molecule has 0 atom stereocenters. The lowest BCUT2D eigenvalue weighted by molar-refractivity contribution is -0.121. The lowest BCUT2D eigenvalue weighted by atomic mass is 9.98. The van der Waals surface area contributed by atoms with Gasteiger partial charge in [-0.25, -0.2) is 0 Å². The van der Waals surface area contributed by atoms with Gasteiger partial charge in [0.2, 0.25) is 5.91 Å². The second-order valence-electron chi connectivity index (χ2n) is 7.24. The van der Waals surface area contributed by atoms with E-state index in [2.05, 4.69) is 20.6 Å². The van der Waals surface area contributed by atoms with Crippen LogP contribution in [0, 0.1) is 0 Å². The highest BCUT2D eigenvalue weighted by Crippen LogP contribution is 2.30. The Kier molecular flexibility index (Phi) is 7.06. The molecular weight excluding hydrogens is 318 g/mol.